The molecule has 0 bridgehead atoms. The molecule has 34 heavy (non-hydrogen) atoms. The zero-order valence-electron chi connectivity index (χ0n) is 18.4. The number of hydrogen-bond acceptors (Lipinski definition) is 6. The van der Waals surface area contributed by atoms with Crippen molar-refractivity contribution in [1.29, 1.82) is 0 Å². The summed E-state index contributed by atoms with van der Waals surface area (Å²) in [5.41, 5.74) is 1.54. The summed E-state index contributed by atoms with van der Waals surface area (Å²) in [6.45, 7) is 0.439. The van der Waals surface area contributed by atoms with E-state index in [2.05, 4.69) is 20.7 Å². The Labute approximate surface area is 195 Å². The number of aromatic nitrogens is 3. The molecule has 0 aliphatic heterocycles. The average molecular weight is 459 g/mol. The Morgan fingerprint density at radius 3 is 2.68 bits per heavy atom. The van der Waals surface area contributed by atoms with Gasteiger partial charge < -0.3 is 15.4 Å². The van der Waals surface area contributed by atoms with E-state index in [-0.39, 0.29) is 17.3 Å². The topological polar surface area (TPSA) is 98.1 Å². The minimum Gasteiger partial charge on any atom is -0.453 e. The van der Waals surface area contributed by atoms with Gasteiger partial charge >= 0.3 is 0 Å². The first kappa shape index (κ1) is 22.7. The molecule has 4 aromatic rings. The number of anilines is 2. The number of aryl methyl sites for hydroxylation is 1. The Kier molecular flexibility index (Phi) is 6.92. The number of benzene rings is 2. The van der Waals surface area contributed by atoms with Crippen molar-refractivity contribution in [2.45, 2.75) is 6.42 Å². The molecule has 2 heterocycles. The first-order chi connectivity index (χ1) is 16.5. The van der Waals surface area contributed by atoms with Gasteiger partial charge in [0.05, 0.1) is 6.20 Å². The number of nitrogens with one attached hydrogen (secondary N) is 2. The number of amides is 1. The maximum absolute atomic E-state index is 13.2. The lowest BCUT2D eigenvalue weighted by Gasteiger charge is -2.14. The van der Waals surface area contributed by atoms with Gasteiger partial charge in [-0.15, -0.1) is 0 Å². The van der Waals surface area contributed by atoms with Crippen molar-refractivity contribution >= 4 is 17.3 Å². The SMILES string of the molecule is Cn1ncc(Oc2ccc(F)cc2)c(Nc2cccc(C(=O)NCCc3ccccn3)c2)c1=O. The highest BCUT2D eigenvalue weighted by Gasteiger charge is 2.14. The quantitative estimate of drug-likeness (QED) is 0.416. The molecule has 1 amide bonds. The molecule has 0 fully saturated rings. The average Bonchev–Trinajstić information content (AvgIpc) is 2.86. The predicted molar refractivity (Wildman–Crippen MR) is 126 cm³/mol. The summed E-state index contributed by atoms with van der Waals surface area (Å²) in [7, 11) is 1.51. The summed E-state index contributed by atoms with van der Waals surface area (Å²) >= 11 is 0. The van der Waals surface area contributed by atoms with Gasteiger partial charge in [-0.1, -0.05) is 12.1 Å². The zero-order chi connectivity index (χ0) is 23.9. The summed E-state index contributed by atoms with van der Waals surface area (Å²) in [6, 6.07) is 17.8. The normalized spacial score (nSPS) is 10.5. The van der Waals surface area contributed by atoms with Crippen LogP contribution in [0.5, 0.6) is 11.5 Å². The maximum atomic E-state index is 13.2. The van der Waals surface area contributed by atoms with Crippen LogP contribution in [0, 0.1) is 5.82 Å². The van der Waals surface area contributed by atoms with Crippen molar-refractivity contribution in [2.75, 3.05) is 11.9 Å². The second kappa shape index (κ2) is 10.4. The number of pyridine rings is 1. The van der Waals surface area contributed by atoms with Crippen LogP contribution in [0.4, 0.5) is 15.8 Å². The van der Waals surface area contributed by atoms with Gasteiger partial charge in [0.15, 0.2) is 11.4 Å². The Bertz CT molecular complexity index is 1340. The Morgan fingerprint density at radius 2 is 1.91 bits per heavy atom. The van der Waals surface area contributed by atoms with E-state index in [0.717, 1.165) is 10.4 Å². The van der Waals surface area contributed by atoms with Crippen LogP contribution in [-0.4, -0.2) is 27.2 Å². The lowest BCUT2D eigenvalue weighted by Crippen LogP contribution is -2.26. The number of carbonyl (C=O) groups excluding carboxylic acids is 1. The van der Waals surface area contributed by atoms with Crippen LogP contribution < -0.4 is 20.9 Å². The summed E-state index contributed by atoms with van der Waals surface area (Å²) in [4.78, 5) is 29.6. The van der Waals surface area contributed by atoms with Crippen molar-refractivity contribution in [1.82, 2.24) is 20.1 Å². The van der Waals surface area contributed by atoms with Crippen molar-refractivity contribution in [2.24, 2.45) is 7.05 Å². The highest BCUT2D eigenvalue weighted by molar-refractivity contribution is 5.95. The summed E-state index contributed by atoms with van der Waals surface area (Å²) in [6.07, 6.45) is 3.71. The number of hydrogen-bond donors (Lipinski definition) is 2. The van der Waals surface area contributed by atoms with Gasteiger partial charge in [-0.25, -0.2) is 9.07 Å². The van der Waals surface area contributed by atoms with E-state index in [1.165, 1.54) is 37.5 Å². The number of carbonyl (C=O) groups is 1. The highest BCUT2D eigenvalue weighted by atomic mass is 19.1. The van der Waals surface area contributed by atoms with E-state index in [0.29, 0.717) is 30.0 Å². The molecular formula is C25H22FN5O3. The second-order valence-corrected chi connectivity index (χ2v) is 7.40. The van der Waals surface area contributed by atoms with Gasteiger partial charge in [-0.05, 0) is 54.6 Å². The van der Waals surface area contributed by atoms with E-state index in [9.17, 15) is 14.0 Å². The van der Waals surface area contributed by atoms with Crippen LogP contribution in [-0.2, 0) is 13.5 Å². The van der Waals surface area contributed by atoms with E-state index in [1.54, 1.807) is 30.5 Å². The van der Waals surface area contributed by atoms with Crippen molar-refractivity contribution in [3.8, 4) is 11.5 Å². The molecule has 0 unspecified atom stereocenters. The molecular weight excluding hydrogens is 437 g/mol. The summed E-state index contributed by atoms with van der Waals surface area (Å²) in [5, 5.41) is 9.89. The maximum Gasteiger partial charge on any atom is 0.294 e. The standard InChI is InChI=1S/C25H22FN5O3/c1-31-25(33)23(22(16-29-31)34-21-10-8-18(26)9-11-21)30-20-7-4-5-17(15-20)24(32)28-14-12-19-6-2-3-13-27-19/h2-11,13,15-16,30H,12,14H2,1H3,(H,28,32). The molecule has 0 saturated carbocycles. The van der Waals surface area contributed by atoms with Gasteiger partial charge in [-0.2, -0.15) is 5.10 Å². The lowest BCUT2D eigenvalue weighted by molar-refractivity contribution is 0.0954. The largest absolute Gasteiger partial charge is 0.453 e. The van der Waals surface area contributed by atoms with Gasteiger partial charge in [0, 0.05) is 43.2 Å². The predicted octanol–water partition coefficient (Wildman–Crippen LogP) is 3.82. The fourth-order valence-corrected chi connectivity index (χ4v) is 3.18. The molecule has 172 valence electrons. The monoisotopic (exact) mass is 459 g/mol. The van der Waals surface area contributed by atoms with Crippen LogP contribution in [0.2, 0.25) is 0 Å². The third-order valence-electron chi connectivity index (χ3n) is 4.93. The van der Waals surface area contributed by atoms with Gasteiger partial charge in [0.2, 0.25) is 0 Å². The third kappa shape index (κ3) is 5.63. The smallest absolute Gasteiger partial charge is 0.294 e. The van der Waals surface area contributed by atoms with E-state index in [1.807, 2.05) is 18.2 Å². The highest BCUT2D eigenvalue weighted by Crippen LogP contribution is 2.28. The van der Waals surface area contributed by atoms with Crippen LogP contribution in [0.3, 0.4) is 0 Å². The number of rotatable bonds is 8. The molecule has 2 aromatic carbocycles. The molecule has 0 radical (unpaired) electrons. The summed E-state index contributed by atoms with van der Waals surface area (Å²) in [5.74, 6) is -0.131. The minimum absolute atomic E-state index is 0.134. The van der Waals surface area contributed by atoms with Crippen LogP contribution in [0.1, 0.15) is 16.1 Å². The Balaban J connectivity index is 1.49. The van der Waals surface area contributed by atoms with Crippen LogP contribution in [0.15, 0.2) is 83.9 Å². The first-order valence-electron chi connectivity index (χ1n) is 10.5. The Morgan fingerprint density at radius 1 is 1.09 bits per heavy atom. The zero-order valence-corrected chi connectivity index (χ0v) is 18.4. The van der Waals surface area contributed by atoms with Crippen molar-refractivity contribution in [3.63, 3.8) is 0 Å². The lowest BCUT2D eigenvalue weighted by atomic mass is 10.1. The van der Waals surface area contributed by atoms with Gasteiger partial charge in [0.25, 0.3) is 11.5 Å². The Hall–Kier alpha value is -4.53. The fourth-order valence-electron chi connectivity index (χ4n) is 3.18. The molecule has 9 heteroatoms. The van der Waals surface area contributed by atoms with Crippen LogP contribution in [0.25, 0.3) is 0 Å². The second-order valence-electron chi connectivity index (χ2n) is 7.40. The van der Waals surface area contributed by atoms with Crippen LogP contribution >= 0.6 is 0 Å². The fraction of sp³-hybridized carbons (Fsp3) is 0.120. The molecule has 0 spiro atoms. The molecule has 0 atom stereocenters. The third-order valence-corrected chi connectivity index (χ3v) is 4.93. The number of nitrogens with zero attached hydrogens (tertiary/aromatic N) is 3. The van der Waals surface area contributed by atoms with Gasteiger partial charge in [0.1, 0.15) is 11.6 Å². The summed E-state index contributed by atoms with van der Waals surface area (Å²) < 4.78 is 20.1. The van der Waals surface area contributed by atoms with E-state index < -0.39 is 11.4 Å². The van der Waals surface area contributed by atoms with E-state index in [4.69, 9.17) is 4.74 Å². The molecule has 2 aromatic heterocycles. The van der Waals surface area contributed by atoms with Crippen molar-refractivity contribution in [3.05, 3.63) is 107 Å². The molecule has 8 nitrogen and oxygen atoms in total. The molecule has 4 rings (SSSR count). The number of halogens is 1. The van der Waals surface area contributed by atoms with Gasteiger partial charge in [-0.3, -0.25) is 14.6 Å². The molecule has 2 N–H and O–H groups in total. The molecule has 0 saturated heterocycles. The minimum atomic E-state index is -0.426. The number of ether oxygens (including phenoxy) is 1. The molecule has 0 aliphatic carbocycles. The van der Waals surface area contributed by atoms with E-state index >= 15 is 0 Å². The van der Waals surface area contributed by atoms with Crippen molar-refractivity contribution < 1.29 is 13.9 Å². The molecule has 0 aliphatic rings. The first-order valence-corrected chi connectivity index (χ1v) is 10.5.